The number of aryl methyl sites for hydroxylation is 1. The van der Waals surface area contributed by atoms with Crippen LogP contribution in [0.25, 0.3) is 4.85 Å². The van der Waals surface area contributed by atoms with Crippen molar-refractivity contribution in [2.24, 2.45) is 0 Å². The molecule has 0 heterocycles. The number of nitrogens with one attached hydrogen (secondary N) is 1. The lowest BCUT2D eigenvalue weighted by Crippen LogP contribution is -2.39. The van der Waals surface area contributed by atoms with Crippen molar-refractivity contribution in [1.82, 2.24) is 5.32 Å². The lowest BCUT2D eigenvalue weighted by Gasteiger charge is -2.18. The zero-order valence-corrected chi connectivity index (χ0v) is 19.7. The summed E-state index contributed by atoms with van der Waals surface area (Å²) in [6.45, 7) is 13.4. The van der Waals surface area contributed by atoms with Crippen LogP contribution in [0.5, 0.6) is 11.5 Å². The summed E-state index contributed by atoms with van der Waals surface area (Å²) in [5, 5.41) is 12.7. The number of aliphatic hydroxyl groups excluding tert-OH is 1. The van der Waals surface area contributed by atoms with Crippen LogP contribution >= 0.6 is 0 Å². The van der Waals surface area contributed by atoms with Crippen molar-refractivity contribution in [2.45, 2.75) is 45.9 Å². The van der Waals surface area contributed by atoms with Gasteiger partial charge < -0.3 is 19.9 Å². The summed E-state index contributed by atoms with van der Waals surface area (Å²) in [6, 6.07) is 20.1. The Morgan fingerprint density at radius 1 is 1.03 bits per heavy atom. The molecule has 3 rings (SSSR count). The van der Waals surface area contributed by atoms with Crippen LogP contribution in [-0.2, 0) is 13.0 Å². The van der Waals surface area contributed by atoms with E-state index in [4.69, 9.17) is 16.0 Å². The molecular weight excluding hydrogens is 428 g/mol. The van der Waals surface area contributed by atoms with E-state index < -0.39 is 6.04 Å². The average molecular weight is 459 g/mol. The largest absolute Gasteiger partial charge is 0.502 e. The average Bonchev–Trinajstić information content (AvgIpc) is 2.83. The Hall–Kier alpha value is -3.82. The Bertz CT molecular complexity index is 1150. The number of benzene rings is 3. The van der Waals surface area contributed by atoms with Crippen LogP contribution in [0.15, 0.2) is 66.7 Å². The van der Waals surface area contributed by atoms with E-state index in [0.717, 1.165) is 22.4 Å². The fourth-order valence-corrected chi connectivity index (χ4v) is 3.55. The molecular formula is C28H30N2O4. The number of ether oxygens (including phenoxy) is 2. The summed E-state index contributed by atoms with van der Waals surface area (Å²) in [4.78, 5) is 16.2. The maximum absolute atomic E-state index is 12.8. The van der Waals surface area contributed by atoms with Gasteiger partial charge in [-0.05, 0) is 68.1 Å². The maximum atomic E-state index is 12.8. The van der Waals surface area contributed by atoms with Gasteiger partial charge >= 0.3 is 0 Å². The Morgan fingerprint density at radius 3 is 2.41 bits per heavy atom. The minimum Gasteiger partial charge on any atom is -0.502 e. The third kappa shape index (κ3) is 6.84. The highest BCUT2D eigenvalue weighted by molar-refractivity contribution is 5.96. The number of carbonyl (C=O) groups excluding carboxylic acids is 1. The van der Waals surface area contributed by atoms with Crippen LogP contribution in [0.4, 0.5) is 5.69 Å². The Morgan fingerprint density at radius 2 is 1.76 bits per heavy atom. The Balaban J connectivity index is 1.63. The van der Waals surface area contributed by atoms with E-state index in [1.807, 2.05) is 69.3 Å². The van der Waals surface area contributed by atoms with E-state index in [1.165, 1.54) is 6.07 Å². The molecule has 0 saturated heterocycles. The van der Waals surface area contributed by atoms with Crippen molar-refractivity contribution in [1.29, 1.82) is 0 Å². The van der Waals surface area contributed by atoms with Crippen molar-refractivity contribution in [2.75, 3.05) is 6.61 Å². The van der Waals surface area contributed by atoms with Gasteiger partial charge in [0.05, 0.1) is 25.3 Å². The molecule has 0 bridgehead atoms. The first-order valence-corrected chi connectivity index (χ1v) is 11.3. The van der Waals surface area contributed by atoms with Crippen LogP contribution in [-0.4, -0.2) is 29.8 Å². The van der Waals surface area contributed by atoms with E-state index in [9.17, 15) is 9.90 Å². The third-order valence-corrected chi connectivity index (χ3v) is 5.22. The SMILES string of the molecule is [C-]#[N+]c1cc(C(=O)NC(CO)Cc2ccc(OCc3ccccc3)c(C)c2)ccc1OC(C)C. The lowest BCUT2D eigenvalue weighted by atomic mass is 10.0. The monoisotopic (exact) mass is 458 g/mol. The zero-order valence-electron chi connectivity index (χ0n) is 19.7. The number of aliphatic hydroxyl groups is 1. The molecule has 1 atom stereocenters. The lowest BCUT2D eigenvalue weighted by molar-refractivity contribution is 0.0916. The van der Waals surface area contributed by atoms with Gasteiger partial charge in [0.25, 0.3) is 0 Å². The molecule has 2 N–H and O–H groups in total. The van der Waals surface area contributed by atoms with E-state index in [0.29, 0.717) is 24.3 Å². The smallest absolute Gasteiger partial charge is 0.250 e. The zero-order chi connectivity index (χ0) is 24.5. The van der Waals surface area contributed by atoms with Crippen molar-refractivity contribution in [3.05, 3.63) is 100 Å². The molecule has 0 fully saturated rings. The van der Waals surface area contributed by atoms with E-state index in [-0.39, 0.29) is 24.3 Å². The standard InChI is InChI=1S/C28H30N2O4/c1-19(2)34-27-13-11-23(16-25(27)29-4)28(32)30-24(17-31)15-22-10-12-26(20(3)14-22)33-18-21-8-6-5-7-9-21/h5-14,16,19,24,31H,15,17-18H2,1-3H3,(H,30,32). The van der Waals surface area contributed by atoms with E-state index >= 15 is 0 Å². The maximum Gasteiger partial charge on any atom is 0.250 e. The van der Waals surface area contributed by atoms with Crippen LogP contribution in [0.3, 0.4) is 0 Å². The highest BCUT2D eigenvalue weighted by atomic mass is 16.5. The highest BCUT2D eigenvalue weighted by Crippen LogP contribution is 2.29. The molecule has 3 aromatic carbocycles. The molecule has 0 spiro atoms. The topological polar surface area (TPSA) is 72.2 Å². The van der Waals surface area contributed by atoms with Gasteiger partial charge in [0.1, 0.15) is 18.1 Å². The van der Waals surface area contributed by atoms with Crippen molar-refractivity contribution in [3.8, 4) is 11.5 Å². The van der Waals surface area contributed by atoms with Gasteiger partial charge in [-0.25, -0.2) is 4.85 Å². The Labute approximate surface area is 201 Å². The van der Waals surface area contributed by atoms with Crippen LogP contribution in [0, 0.1) is 13.5 Å². The molecule has 0 aromatic heterocycles. The number of nitrogens with zero attached hydrogens (tertiary/aromatic N) is 1. The summed E-state index contributed by atoms with van der Waals surface area (Å²) in [7, 11) is 0. The molecule has 6 heteroatoms. The normalized spacial score (nSPS) is 11.5. The molecule has 0 radical (unpaired) electrons. The summed E-state index contributed by atoms with van der Waals surface area (Å²) < 4.78 is 11.6. The summed E-state index contributed by atoms with van der Waals surface area (Å²) in [5.74, 6) is 0.900. The number of amides is 1. The fraction of sp³-hybridized carbons (Fsp3) is 0.286. The summed E-state index contributed by atoms with van der Waals surface area (Å²) >= 11 is 0. The Kier molecular flexibility index (Phi) is 8.66. The third-order valence-electron chi connectivity index (χ3n) is 5.22. The molecule has 1 amide bonds. The minimum absolute atomic E-state index is 0.0717. The first-order chi connectivity index (χ1) is 16.4. The van der Waals surface area contributed by atoms with Gasteiger partial charge in [-0.2, -0.15) is 0 Å². The number of rotatable bonds is 10. The minimum atomic E-state index is -0.467. The number of hydrogen-bond donors (Lipinski definition) is 2. The fourth-order valence-electron chi connectivity index (χ4n) is 3.55. The summed E-state index contributed by atoms with van der Waals surface area (Å²) in [5.41, 5.74) is 3.69. The van der Waals surface area contributed by atoms with Crippen LogP contribution in [0.2, 0.25) is 0 Å². The first kappa shape index (κ1) is 24.8. The molecule has 6 nitrogen and oxygen atoms in total. The van der Waals surface area contributed by atoms with Crippen LogP contribution < -0.4 is 14.8 Å². The predicted octanol–water partition coefficient (Wildman–Crippen LogP) is 5.25. The predicted molar refractivity (Wildman–Crippen MR) is 132 cm³/mol. The molecule has 1 unspecified atom stereocenters. The van der Waals surface area contributed by atoms with E-state index in [2.05, 4.69) is 10.2 Å². The second-order valence-electron chi connectivity index (χ2n) is 8.39. The molecule has 0 aliphatic heterocycles. The first-order valence-electron chi connectivity index (χ1n) is 11.3. The quantitative estimate of drug-likeness (QED) is 0.407. The molecule has 0 aliphatic rings. The van der Waals surface area contributed by atoms with Gasteiger partial charge in [-0.3, -0.25) is 4.79 Å². The number of carbonyl (C=O) groups is 1. The highest BCUT2D eigenvalue weighted by Gasteiger charge is 2.16. The number of hydrogen-bond acceptors (Lipinski definition) is 4. The van der Waals surface area contributed by atoms with Gasteiger partial charge in [0.15, 0.2) is 0 Å². The van der Waals surface area contributed by atoms with Gasteiger partial charge in [-0.15, -0.1) is 0 Å². The molecule has 176 valence electrons. The van der Waals surface area contributed by atoms with Crippen molar-refractivity contribution >= 4 is 11.6 Å². The molecule has 0 saturated carbocycles. The van der Waals surface area contributed by atoms with Gasteiger partial charge in [0, 0.05) is 5.56 Å². The van der Waals surface area contributed by atoms with E-state index in [1.54, 1.807) is 12.1 Å². The van der Waals surface area contributed by atoms with Crippen molar-refractivity contribution < 1.29 is 19.4 Å². The molecule has 0 aliphatic carbocycles. The van der Waals surface area contributed by atoms with Gasteiger partial charge in [-0.1, -0.05) is 42.5 Å². The second-order valence-corrected chi connectivity index (χ2v) is 8.39. The van der Waals surface area contributed by atoms with Crippen molar-refractivity contribution in [3.63, 3.8) is 0 Å². The summed E-state index contributed by atoms with van der Waals surface area (Å²) in [6.07, 6.45) is 0.393. The molecule has 3 aromatic rings. The van der Waals surface area contributed by atoms with Gasteiger partial charge in [0.2, 0.25) is 11.6 Å². The van der Waals surface area contributed by atoms with Crippen LogP contribution in [0.1, 0.15) is 40.9 Å². The molecule has 34 heavy (non-hydrogen) atoms. The second kappa shape index (κ2) is 11.9.